The largest absolute Gasteiger partial charge is 0.477 e. The van der Waals surface area contributed by atoms with Crippen molar-refractivity contribution in [3.8, 4) is 11.4 Å². The van der Waals surface area contributed by atoms with Gasteiger partial charge in [0.15, 0.2) is 0 Å². The van der Waals surface area contributed by atoms with Gasteiger partial charge in [-0.25, -0.2) is 4.79 Å². The van der Waals surface area contributed by atoms with Crippen LogP contribution in [0.15, 0.2) is 21.1 Å². The third-order valence-corrected chi connectivity index (χ3v) is 3.18. The molecule has 0 aliphatic heterocycles. The van der Waals surface area contributed by atoms with Crippen molar-refractivity contribution >= 4 is 21.9 Å². The summed E-state index contributed by atoms with van der Waals surface area (Å²) in [6, 6.07) is 3.49. The third-order valence-electron chi connectivity index (χ3n) is 2.34. The number of aromatic carboxylic acids is 1. The summed E-state index contributed by atoms with van der Waals surface area (Å²) in [4.78, 5) is 15.4. The lowest BCUT2D eigenvalue weighted by Gasteiger charge is -2.01. The summed E-state index contributed by atoms with van der Waals surface area (Å²) in [5.41, 5.74) is 1.56. The van der Waals surface area contributed by atoms with Gasteiger partial charge < -0.3 is 9.63 Å². The molecule has 5 nitrogen and oxygen atoms in total. The summed E-state index contributed by atoms with van der Waals surface area (Å²) in [6.45, 7) is 3.38. The zero-order valence-electron chi connectivity index (χ0n) is 9.19. The maximum atomic E-state index is 11.1. The Morgan fingerprint density at radius 2 is 2.12 bits per heavy atom. The lowest BCUT2D eigenvalue weighted by molar-refractivity contribution is 0.0695. The lowest BCUT2D eigenvalue weighted by Crippen LogP contribution is -2.00. The molecule has 0 radical (unpaired) electrons. The number of halogens is 1. The van der Waals surface area contributed by atoms with E-state index in [-0.39, 0.29) is 17.0 Å². The Kier molecular flexibility index (Phi) is 2.97. The van der Waals surface area contributed by atoms with E-state index in [1.807, 2.05) is 6.92 Å². The van der Waals surface area contributed by atoms with Crippen molar-refractivity contribution < 1.29 is 14.4 Å². The monoisotopic (exact) mass is 296 g/mol. The van der Waals surface area contributed by atoms with Gasteiger partial charge in [0.25, 0.3) is 0 Å². The normalized spacial score (nSPS) is 10.5. The number of aromatic nitrogens is 2. The molecule has 0 aliphatic rings. The molecule has 0 saturated carbocycles. The van der Waals surface area contributed by atoms with Gasteiger partial charge in [0.05, 0.1) is 11.4 Å². The van der Waals surface area contributed by atoms with E-state index in [9.17, 15) is 4.79 Å². The second-order valence-corrected chi connectivity index (χ2v) is 4.39. The summed E-state index contributed by atoms with van der Waals surface area (Å²) < 4.78 is 5.76. The van der Waals surface area contributed by atoms with Gasteiger partial charge in [0.1, 0.15) is 17.0 Å². The van der Waals surface area contributed by atoms with E-state index in [1.165, 1.54) is 0 Å². The molecule has 0 bridgehead atoms. The van der Waals surface area contributed by atoms with Gasteiger partial charge in [-0.2, -0.15) is 0 Å². The van der Waals surface area contributed by atoms with Crippen molar-refractivity contribution in [2.75, 3.05) is 0 Å². The Labute approximate surface area is 106 Å². The standard InChI is InChI=1S/C11H9BrN2O3/c1-5-7(12)3-4-8(13-5)10-9(11(15)16)6(2)17-14-10/h3-4H,1-2H3,(H,15,16). The first-order valence-corrected chi connectivity index (χ1v) is 5.63. The predicted molar refractivity (Wildman–Crippen MR) is 63.9 cm³/mol. The van der Waals surface area contributed by atoms with Crippen LogP contribution in [0.3, 0.4) is 0 Å². The quantitative estimate of drug-likeness (QED) is 0.922. The van der Waals surface area contributed by atoms with Gasteiger partial charge in [0.2, 0.25) is 0 Å². The molecule has 2 rings (SSSR count). The molecule has 0 saturated heterocycles. The molecule has 17 heavy (non-hydrogen) atoms. The predicted octanol–water partition coefficient (Wildman–Crippen LogP) is 2.81. The Balaban J connectivity index is 2.60. The van der Waals surface area contributed by atoms with Crippen molar-refractivity contribution in [3.63, 3.8) is 0 Å². The van der Waals surface area contributed by atoms with Gasteiger partial charge in [0, 0.05) is 4.47 Å². The second kappa shape index (κ2) is 4.29. The first-order valence-electron chi connectivity index (χ1n) is 4.83. The summed E-state index contributed by atoms with van der Waals surface area (Å²) in [5, 5.41) is 12.8. The highest BCUT2D eigenvalue weighted by Crippen LogP contribution is 2.25. The second-order valence-electron chi connectivity index (χ2n) is 3.53. The van der Waals surface area contributed by atoms with Crippen LogP contribution in [0.4, 0.5) is 0 Å². The van der Waals surface area contributed by atoms with Crippen molar-refractivity contribution in [2.24, 2.45) is 0 Å². The molecule has 0 spiro atoms. The highest BCUT2D eigenvalue weighted by molar-refractivity contribution is 9.10. The van der Waals surface area contributed by atoms with Crippen LogP contribution in [-0.4, -0.2) is 21.2 Å². The molecule has 0 amide bonds. The summed E-state index contributed by atoms with van der Waals surface area (Å²) in [6.07, 6.45) is 0. The molecular weight excluding hydrogens is 288 g/mol. The van der Waals surface area contributed by atoms with Crippen molar-refractivity contribution in [2.45, 2.75) is 13.8 Å². The van der Waals surface area contributed by atoms with Crippen molar-refractivity contribution in [3.05, 3.63) is 33.6 Å². The Bertz CT molecular complexity index is 592. The van der Waals surface area contributed by atoms with Crippen LogP contribution in [0.25, 0.3) is 11.4 Å². The fourth-order valence-corrected chi connectivity index (χ4v) is 1.70. The highest BCUT2D eigenvalue weighted by atomic mass is 79.9. The van der Waals surface area contributed by atoms with E-state index in [1.54, 1.807) is 19.1 Å². The van der Waals surface area contributed by atoms with Crippen LogP contribution >= 0.6 is 15.9 Å². The average molecular weight is 297 g/mol. The average Bonchev–Trinajstić information content (AvgIpc) is 2.64. The topological polar surface area (TPSA) is 76.2 Å². The zero-order chi connectivity index (χ0) is 12.6. The Hall–Kier alpha value is -1.69. The first kappa shape index (κ1) is 11.8. The zero-order valence-corrected chi connectivity index (χ0v) is 10.8. The van der Waals surface area contributed by atoms with Crippen LogP contribution < -0.4 is 0 Å². The van der Waals surface area contributed by atoms with Crippen LogP contribution in [0.5, 0.6) is 0 Å². The van der Waals surface area contributed by atoms with Gasteiger partial charge in [-0.05, 0) is 41.9 Å². The van der Waals surface area contributed by atoms with Crippen LogP contribution in [0, 0.1) is 13.8 Å². The molecular formula is C11H9BrN2O3. The summed E-state index contributed by atoms with van der Waals surface area (Å²) in [5.74, 6) is -0.795. The molecule has 6 heteroatoms. The minimum atomic E-state index is -1.07. The minimum absolute atomic E-state index is 0.0548. The third kappa shape index (κ3) is 2.08. The number of rotatable bonds is 2. The van der Waals surface area contributed by atoms with Crippen molar-refractivity contribution in [1.29, 1.82) is 0 Å². The molecule has 2 heterocycles. The van der Waals surface area contributed by atoms with E-state index in [0.717, 1.165) is 10.2 Å². The molecule has 0 aliphatic carbocycles. The Morgan fingerprint density at radius 3 is 2.71 bits per heavy atom. The summed E-state index contributed by atoms with van der Waals surface area (Å²) in [7, 11) is 0. The molecule has 0 fully saturated rings. The number of carboxylic acid groups (broad SMARTS) is 1. The van der Waals surface area contributed by atoms with Gasteiger partial charge in [-0.1, -0.05) is 5.16 Å². The van der Waals surface area contributed by atoms with E-state index in [4.69, 9.17) is 9.63 Å². The number of pyridine rings is 1. The molecule has 2 aromatic rings. The number of aryl methyl sites for hydroxylation is 2. The fraction of sp³-hybridized carbons (Fsp3) is 0.182. The van der Waals surface area contributed by atoms with Crippen LogP contribution in [0.1, 0.15) is 21.8 Å². The maximum absolute atomic E-state index is 11.1. The number of hydrogen-bond donors (Lipinski definition) is 1. The van der Waals surface area contributed by atoms with E-state index >= 15 is 0 Å². The fourth-order valence-electron chi connectivity index (χ4n) is 1.47. The highest BCUT2D eigenvalue weighted by Gasteiger charge is 2.21. The van der Waals surface area contributed by atoms with E-state index in [0.29, 0.717) is 5.69 Å². The number of hydrogen-bond acceptors (Lipinski definition) is 4. The van der Waals surface area contributed by atoms with Gasteiger partial charge in [-0.3, -0.25) is 4.98 Å². The van der Waals surface area contributed by atoms with Crippen LogP contribution in [-0.2, 0) is 0 Å². The molecule has 1 N–H and O–H groups in total. The van der Waals surface area contributed by atoms with Gasteiger partial charge in [-0.15, -0.1) is 0 Å². The number of carboxylic acids is 1. The maximum Gasteiger partial charge on any atom is 0.341 e. The number of nitrogens with zero attached hydrogens (tertiary/aromatic N) is 2. The molecule has 0 aromatic carbocycles. The molecule has 88 valence electrons. The molecule has 0 unspecified atom stereocenters. The molecule has 2 aromatic heterocycles. The summed E-state index contributed by atoms with van der Waals surface area (Å²) >= 11 is 3.33. The molecule has 0 atom stereocenters. The van der Waals surface area contributed by atoms with Crippen LogP contribution in [0.2, 0.25) is 0 Å². The Morgan fingerprint density at radius 1 is 1.41 bits per heavy atom. The lowest BCUT2D eigenvalue weighted by atomic mass is 10.1. The number of carbonyl (C=O) groups is 1. The van der Waals surface area contributed by atoms with Crippen molar-refractivity contribution in [1.82, 2.24) is 10.1 Å². The van der Waals surface area contributed by atoms with E-state index < -0.39 is 5.97 Å². The van der Waals surface area contributed by atoms with Gasteiger partial charge >= 0.3 is 5.97 Å². The first-order chi connectivity index (χ1) is 8.00. The van der Waals surface area contributed by atoms with E-state index in [2.05, 4.69) is 26.1 Å². The SMILES string of the molecule is Cc1nc(-c2noc(C)c2C(=O)O)ccc1Br. The minimum Gasteiger partial charge on any atom is -0.477 e. The smallest absolute Gasteiger partial charge is 0.341 e.